The summed E-state index contributed by atoms with van der Waals surface area (Å²) in [4.78, 5) is 18.0. The minimum Gasteiger partial charge on any atom is -0.409 e. The topological polar surface area (TPSA) is 91.8 Å². The van der Waals surface area contributed by atoms with Crippen LogP contribution in [0.4, 0.5) is 0 Å². The third kappa shape index (κ3) is 4.95. The van der Waals surface area contributed by atoms with Crippen LogP contribution in [0.15, 0.2) is 29.6 Å². The van der Waals surface area contributed by atoms with E-state index in [9.17, 15) is 4.79 Å². The van der Waals surface area contributed by atoms with Crippen LogP contribution in [0.25, 0.3) is 0 Å². The Morgan fingerprint density at radius 1 is 1.53 bits per heavy atom. The third-order valence-corrected chi connectivity index (χ3v) is 2.52. The third-order valence-electron chi connectivity index (χ3n) is 2.52. The van der Waals surface area contributed by atoms with E-state index < -0.39 is 0 Å². The first kappa shape index (κ1) is 14.9. The highest BCUT2D eigenvalue weighted by atomic mass is 16.4. The predicted octanol–water partition coefficient (Wildman–Crippen LogP) is 1.32. The fraction of sp³-hybridized carbons (Fsp3) is 0.462. The second kappa shape index (κ2) is 7.35. The summed E-state index contributed by atoms with van der Waals surface area (Å²) in [6, 6.07) is 5.22. The summed E-state index contributed by atoms with van der Waals surface area (Å²) in [5.41, 5.74) is 5.84. The van der Waals surface area contributed by atoms with Crippen molar-refractivity contribution in [1.29, 1.82) is 0 Å². The normalized spacial score (nSPS) is 11.6. The van der Waals surface area contributed by atoms with Crippen molar-refractivity contribution in [3.05, 3.63) is 30.1 Å². The minimum absolute atomic E-state index is 0.113. The van der Waals surface area contributed by atoms with Crippen LogP contribution in [0.1, 0.15) is 30.8 Å². The fourth-order valence-corrected chi connectivity index (χ4v) is 1.67. The lowest BCUT2D eigenvalue weighted by molar-refractivity contribution is 0.0734. The molecule has 19 heavy (non-hydrogen) atoms. The molecule has 0 atom stereocenters. The van der Waals surface area contributed by atoms with E-state index in [1.807, 2.05) is 13.8 Å². The van der Waals surface area contributed by atoms with Gasteiger partial charge in [-0.3, -0.25) is 9.78 Å². The molecule has 1 rings (SSSR count). The van der Waals surface area contributed by atoms with Crippen LogP contribution in [0.2, 0.25) is 0 Å². The SMILES string of the molecule is CC(C)CN(CCC(N)=NO)C(=O)c1ccccn1. The molecular formula is C13H20N4O2. The van der Waals surface area contributed by atoms with Gasteiger partial charge in [-0.05, 0) is 18.1 Å². The van der Waals surface area contributed by atoms with Crippen molar-refractivity contribution in [1.82, 2.24) is 9.88 Å². The van der Waals surface area contributed by atoms with E-state index in [1.165, 1.54) is 0 Å². The first-order chi connectivity index (χ1) is 9.04. The van der Waals surface area contributed by atoms with E-state index in [0.29, 0.717) is 31.1 Å². The highest BCUT2D eigenvalue weighted by Crippen LogP contribution is 2.06. The first-order valence-electron chi connectivity index (χ1n) is 6.21. The number of hydrogen-bond donors (Lipinski definition) is 2. The number of hydrogen-bond acceptors (Lipinski definition) is 4. The van der Waals surface area contributed by atoms with Gasteiger partial charge in [0.15, 0.2) is 0 Å². The van der Waals surface area contributed by atoms with Gasteiger partial charge in [0.2, 0.25) is 0 Å². The van der Waals surface area contributed by atoms with Gasteiger partial charge in [0.05, 0.1) is 0 Å². The Morgan fingerprint density at radius 3 is 2.79 bits per heavy atom. The van der Waals surface area contributed by atoms with E-state index in [0.717, 1.165) is 0 Å². The molecule has 0 bridgehead atoms. The number of carbonyl (C=O) groups excluding carboxylic acids is 1. The monoisotopic (exact) mass is 264 g/mol. The Hall–Kier alpha value is -2.11. The molecule has 1 aromatic heterocycles. The molecule has 6 heteroatoms. The van der Waals surface area contributed by atoms with Crippen molar-refractivity contribution < 1.29 is 10.0 Å². The van der Waals surface area contributed by atoms with Crippen LogP contribution in [0.5, 0.6) is 0 Å². The summed E-state index contributed by atoms with van der Waals surface area (Å²) in [5, 5.41) is 11.4. The zero-order valence-electron chi connectivity index (χ0n) is 11.3. The van der Waals surface area contributed by atoms with Crippen molar-refractivity contribution in [3.63, 3.8) is 0 Å². The molecule has 0 aliphatic heterocycles. The number of pyridine rings is 1. The Morgan fingerprint density at radius 2 is 2.26 bits per heavy atom. The van der Waals surface area contributed by atoms with Crippen LogP contribution >= 0.6 is 0 Å². The fourth-order valence-electron chi connectivity index (χ4n) is 1.67. The van der Waals surface area contributed by atoms with Crippen molar-refractivity contribution in [2.24, 2.45) is 16.8 Å². The maximum absolute atomic E-state index is 12.3. The standard InChI is InChI=1S/C13H20N4O2/c1-10(2)9-17(8-6-12(14)16-19)13(18)11-5-3-4-7-15-11/h3-5,7,10,19H,6,8-9H2,1-2H3,(H2,14,16). The second-order valence-corrected chi connectivity index (χ2v) is 4.70. The second-order valence-electron chi connectivity index (χ2n) is 4.70. The first-order valence-corrected chi connectivity index (χ1v) is 6.21. The molecule has 104 valence electrons. The van der Waals surface area contributed by atoms with Gasteiger partial charge in [-0.1, -0.05) is 25.1 Å². The van der Waals surface area contributed by atoms with Gasteiger partial charge in [0.1, 0.15) is 11.5 Å². The molecule has 1 amide bonds. The molecule has 0 aromatic carbocycles. The maximum atomic E-state index is 12.3. The molecule has 3 N–H and O–H groups in total. The summed E-state index contributed by atoms with van der Waals surface area (Å²) >= 11 is 0. The van der Waals surface area contributed by atoms with E-state index in [1.54, 1.807) is 29.3 Å². The molecule has 0 unspecified atom stereocenters. The molecule has 0 saturated carbocycles. The van der Waals surface area contributed by atoms with Gasteiger partial charge in [-0.25, -0.2) is 0 Å². The maximum Gasteiger partial charge on any atom is 0.272 e. The van der Waals surface area contributed by atoms with E-state index in [-0.39, 0.29) is 11.7 Å². The average Bonchev–Trinajstić information content (AvgIpc) is 2.42. The molecule has 0 spiro atoms. The molecular weight excluding hydrogens is 244 g/mol. The predicted molar refractivity (Wildman–Crippen MR) is 73.0 cm³/mol. The number of amides is 1. The molecule has 1 aromatic rings. The lowest BCUT2D eigenvalue weighted by Gasteiger charge is -2.24. The number of amidine groups is 1. The summed E-state index contributed by atoms with van der Waals surface area (Å²) in [6.07, 6.45) is 1.92. The molecule has 6 nitrogen and oxygen atoms in total. The molecule has 0 aliphatic carbocycles. The Balaban J connectivity index is 2.76. The van der Waals surface area contributed by atoms with Gasteiger partial charge in [-0.2, -0.15) is 0 Å². The molecule has 0 saturated heterocycles. The van der Waals surface area contributed by atoms with Crippen LogP contribution in [0.3, 0.4) is 0 Å². The summed E-state index contributed by atoms with van der Waals surface area (Å²) in [7, 11) is 0. The van der Waals surface area contributed by atoms with Crippen LogP contribution < -0.4 is 5.73 Å². The number of carbonyl (C=O) groups is 1. The summed E-state index contributed by atoms with van der Waals surface area (Å²) < 4.78 is 0. The lowest BCUT2D eigenvalue weighted by atomic mass is 10.2. The Bertz CT molecular complexity index is 432. The highest BCUT2D eigenvalue weighted by molar-refractivity contribution is 5.92. The van der Waals surface area contributed by atoms with E-state index >= 15 is 0 Å². The average molecular weight is 264 g/mol. The number of nitrogens with zero attached hydrogens (tertiary/aromatic N) is 3. The zero-order valence-corrected chi connectivity index (χ0v) is 11.3. The lowest BCUT2D eigenvalue weighted by Crippen LogP contribution is -2.37. The molecule has 0 radical (unpaired) electrons. The van der Waals surface area contributed by atoms with Gasteiger partial charge < -0.3 is 15.8 Å². The molecule has 0 fully saturated rings. The molecule has 0 aliphatic rings. The summed E-state index contributed by atoms with van der Waals surface area (Å²) in [5.74, 6) is 0.308. The van der Waals surface area contributed by atoms with Gasteiger partial charge in [0, 0.05) is 25.7 Å². The van der Waals surface area contributed by atoms with E-state index in [4.69, 9.17) is 10.9 Å². The van der Waals surface area contributed by atoms with Crippen molar-refractivity contribution in [2.75, 3.05) is 13.1 Å². The quantitative estimate of drug-likeness (QED) is 0.351. The minimum atomic E-state index is -0.139. The van der Waals surface area contributed by atoms with Gasteiger partial charge >= 0.3 is 0 Å². The summed E-state index contributed by atoms with van der Waals surface area (Å²) in [6.45, 7) is 5.07. The zero-order chi connectivity index (χ0) is 14.3. The van der Waals surface area contributed by atoms with Crippen LogP contribution in [0, 0.1) is 5.92 Å². The molecule has 1 heterocycles. The van der Waals surface area contributed by atoms with Crippen molar-refractivity contribution in [2.45, 2.75) is 20.3 Å². The van der Waals surface area contributed by atoms with Crippen LogP contribution in [-0.4, -0.2) is 39.9 Å². The highest BCUT2D eigenvalue weighted by Gasteiger charge is 2.17. The Labute approximate surface area is 112 Å². The van der Waals surface area contributed by atoms with E-state index in [2.05, 4.69) is 10.1 Å². The van der Waals surface area contributed by atoms with Crippen molar-refractivity contribution in [3.8, 4) is 0 Å². The van der Waals surface area contributed by atoms with Crippen LogP contribution in [-0.2, 0) is 0 Å². The number of aromatic nitrogens is 1. The van der Waals surface area contributed by atoms with Gasteiger partial charge in [-0.15, -0.1) is 0 Å². The number of rotatable bonds is 6. The van der Waals surface area contributed by atoms with Gasteiger partial charge in [0.25, 0.3) is 5.91 Å². The largest absolute Gasteiger partial charge is 0.409 e. The van der Waals surface area contributed by atoms with Crippen molar-refractivity contribution >= 4 is 11.7 Å². The number of nitrogens with two attached hydrogens (primary N) is 1. The Kier molecular flexibility index (Phi) is 5.78. The smallest absolute Gasteiger partial charge is 0.272 e. The number of oxime groups is 1.